The first-order chi connectivity index (χ1) is 7.83. The van der Waals surface area contributed by atoms with Crippen molar-refractivity contribution in [3.05, 3.63) is 36.4 Å². The highest BCUT2D eigenvalue weighted by molar-refractivity contribution is 5.76. The minimum atomic E-state index is 0.501. The van der Waals surface area contributed by atoms with E-state index in [2.05, 4.69) is 29.7 Å². The largest absolute Gasteiger partial charge is 0.378 e. The van der Waals surface area contributed by atoms with Crippen LogP contribution >= 0.6 is 0 Å². The average Bonchev–Trinajstić information content (AvgIpc) is 2.39. The molecule has 2 rings (SSSR count). The van der Waals surface area contributed by atoms with Gasteiger partial charge in [-0.3, -0.25) is 0 Å². The molecule has 1 aromatic rings. The van der Waals surface area contributed by atoms with Gasteiger partial charge in [-0.1, -0.05) is 24.8 Å². The van der Waals surface area contributed by atoms with Crippen molar-refractivity contribution < 1.29 is 4.74 Å². The fourth-order valence-electron chi connectivity index (χ4n) is 1.96. The highest BCUT2D eigenvalue weighted by atomic mass is 16.5. The standard InChI is InChI=1S/C13H18N2O/c1-11(10-14)12-4-2-3-5-13(12)15-6-8-16-9-7-15/h2-5H,1,6-10,14H2. The van der Waals surface area contributed by atoms with Gasteiger partial charge in [0.05, 0.1) is 13.2 Å². The SMILES string of the molecule is C=C(CN)c1ccccc1N1CCOCC1. The molecule has 1 heterocycles. The highest BCUT2D eigenvalue weighted by Crippen LogP contribution is 2.26. The van der Waals surface area contributed by atoms with E-state index in [1.807, 2.05) is 6.07 Å². The molecule has 2 N–H and O–H groups in total. The van der Waals surface area contributed by atoms with Crippen LogP contribution in [0.1, 0.15) is 5.56 Å². The van der Waals surface area contributed by atoms with Crippen molar-refractivity contribution in [2.45, 2.75) is 0 Å². The predicted octanol–water partition coefficient (Wildman–Crippen LogP) is 1.50. The van der Waals surface area contributed by atoms with Crippen LogP contribution < -0.4 is 10.6 Å². The Morgan fingerprint density at radius 3 is 2.69 bits per heavy atom. The van der Waals surface area contributed by atoms with Gasteiger partial charge in [-0.2, -0.15) is 0 Å². The van der Waals surface area contributed by atoms with Crippen LogP contribution in [0.3, 0.4) is 0 Å². The topological polar surface area (TPSA) is 38.5 Å². The third-order valence-electron chi connectivity index (χ3n) is 2.88. The molecule has 0 saturated carbocycles. The zero-order chi connectivity index (χ0) is 11.4. The molecule has 1 aromatic carbocycles. The third-order valence-corrected chi connectivity index (χ3v) is 2.88. The van der Waals surface area contributed by atoms with Gasteiger partial charge in [-0.15, -0.1) is 0 Å². The van der Waals surface area contributed by atoms with Crippen LogP contribution in [0.25, 0.3) is 5.57 Å². The average molecular weight is 218 g/mol. The Bertz CT molecular complexity index is 370. The van der Waals surface area contributed by atoms with E-state index in [-0.39, 0.29) is 0 Å². The lowest BCUT2D eigenvalue weighted by Crippen LogP contribution is -2.36. The Morgan fingerprint density at radius 2 is 2.00 bits per heavy atom. The molecule has 1 saturated heterocycles. The van der Waals surface area contributed by atoms with Crippen molar-refractivity contribution >= 4 is 11.3 Å². The number of hydrogen-bond donors (Lipinski definition) is 1. The molecular formula is C13H18N2O. The van der Waals surface area contributed by atoms with E-state index in [0.717, 1.165) is 37.4 Å². The summed E-state index contributed by atoms with van der Waals surface area (Å²) in [5.74, 6) is 0. The Balaban J connectivity index is 2.28. The fourth-order valence-corrected chi connectivity index (χ4v) is 1.96. The Kier molecular flexibility index (Phi) is 3.59. The van der Waals surface area contributed by atoms with Crippen molar-refractivity contribution in [2.24, 2.45) is 5.73 Å². The van der Waals surface area contributed by atoms with Crippen molar-refractivity contribution in [1.82, 2.24) is 0 Å². The molecule has 16 heavy (non-hydrogen) atoms. The van der Waals surface area contributed by atoms with Gasteiger partial charge in [0, 0.05) is 30.9 Å². The number of rotatable bonds is 3. The van der Waals surface area contributed by atoms with Crippen molar-refractivity contribution in [3.63, 3.8) is 0 Å². The molecule has 86 valence electrons. The molecule has 0 atom stereocenters. The summed E-state index contributed by atoms with van der Waals surface area (Å²) in [4.78, 5) is 2.33. The van der Waals surface area contributed by atoms with Gasteiger partial charge in [-0.05, 0) is 11.6 Å². The van der Waals surface area contributed by atoms with Gasteiger partial charge in [0.2, 0.25) is 0 Å². The third kappa shape index (κ3) is 2.26. The molecule has 3 nitrogen and oxygen atoms in total. The molecule has 1 aliphatic heterocycles. The van der Waals surface area contributed by atoms with E-state index < -0.39 is 0 Å². The van der Waals surface area contributed by atoms with Crippen LogP contribution in [-0.2, 0) is 4.74 Å². The van der Waals surface area contributed by atoms with Gasteiger partial charge in [0.25, 0.3) is 0 Å². The fraction of sp³-hybridized carbons (Fsp3) is 0.385. The summed E-state index contributed by atoms with van der Waals surface area (Å²) in [7, 11) is 0. The van der Waals surface area contributed by atoms with Crippen LogP contribution in [0.5, 0.6) is 0 Å². The predicted molar refractivity (Wildman–Crippen MR) is 67.6 cm³/mol. The lowest BCUT2D eigenvalue weighted by atomic mass is 10.0. The molecule has 0 unspecified atom stereocenters. The summed E-state index contributed by atoms with van der Waals surface area (Å²) < 4.78 is 5.36. The first-order valence-electron chi connectivity index (χ1n) is 5.63. The Labute approximate surface area is 96.5 Å². The molecule has 1 fully saturated rings. The number of anilines is 1. The lowest BCUT2D eigenvalue weighted by molar-refractivity contribution is 0.122. The molecule has 0 aromatic heterocycles. The zero-order valence-corrected chi connectivity index (χ0v) is 9.48. The monoisotopic (exact) mass is 218 g/mol. The first kappa shape index (κ1) is 11.2. The number of para-hydroxylation sites is 1. The van der Waals surface area contributed by atoms with Gasteiger partial charge in [0.15, 0.2) is 0 Å². The summed E-state index contributed by atoms with van der Waals surface area (Å²) in [5, 5.41) is 0. The van der Waals surface area contributed by atoms with Gasteiger partial charge in [-0.25, -0.2) is 0 Å². The van der Waals surface area contributed by atoms with Crippen LogP contribution in [-0.4, -0.2) is 32.8 Å². The number of nitrogens with two attached hydrogens (primary N) is 1. The molecule has 1 aliphatic rings. The number of morpholine rings is 1. The maximum atomic E-state index is 5.66. The number of nitrogens with zero attached hydrogens (tertiary/aromatic N) is 1. The van der Waals surface area contributed by atoms with Gasteiger partial charge in [0.1, 0.15) is 0 Å². The molecule has 0 spiro atoms. The minimum absolute atomic E-state index is 0.501. The Morgan fingerprint density at radius 1 is 1.31 bits per heavy atom. The second-order valence-electron chi connectivity index (χ2n) is 3.92. The van der Waals surface area contributed by atoms with Crippen LogP contribution in [0, 0.1) is 0 Å². The second kappa shape index (κ2) is 5.14. The van der Waals surface area contributed by atoms with E-state index in [9.17, 15) is 0 Å². The molecule has 0 bridgehead atoms. The summed E-state index contributed by atoms with van der Waals surface area (Å²) >= 11 is 0. The van der Waals surface area contributed by atoms with E-state index in [4.69, 9.17) is 10.5 Å². The zero-order valence-electron chi connectivity index (χ0n) is 9.48. The smallest absolute Gasteiger partial charge is 0.0642 e. The maximum Gasteiger partial charge on any atom is 0.0642 e. The van der Waals surface area contributed by atoms with Crippen molar-refractivity contribution in [2.75, 3.05) is 37.7 Å². The van der Waals surface area contributed by atoms with E-state index in [1.54, 1.807) is 0 Å². The summed E-state index contributed by atoms with van der Waals surface area (Å²) in [5.41, 5.74) is 9.03. The van der Waals surface area contributed by atoms with Crippen LogP contribution in [0.15, 0.2) is 30.8 Å². The number of ether oxygens (including phenoxy) is 1. The van der Waals surface area contributed by atoms with E-state index in [0.29, 0.717) is 6.54 Å². The van der Waals surface area contributed by atoms with E-state index >= 15 is 0 Å². The molecule has 0 radical (unpaired) electrons. The quantitative estimate of drug-likeness (QED) is 0.835. The van der Waals surface area contributed by atoms with Gasteiger partial charge < -0.3 is 15.4 Å². The number of hydrogen-bond acceptors (Lipinski definition) is 3. The maximum absolute atomic E-state index is 5.66. The Hall–Kier alpha value is -1.32. The van der Waals surface area contributed by atoms with Crippen LogP contribution in [0.4, 0.5) is 5.69 Å². The number of benzene rings is 1. The van der Waals surface area contributed by atoms with Gasteiger partial charge >= 0.3 is 0 Å². The van der Waals surface area contributed by atoms with Crippen LogP contribution in [0.2, 0.25) is 0 Å². The molecule has 0 amide bonds. The minimum Gasteiger partial charge on any atom is -0.378 e. The van der Waals surface area contributed by atoms with Crippen molar-refractivity contribution in [1.29, 1.82) is 0 Å². The normalized spacial score (nSPS) is 16.2. The molecule has 3 heteroatoms. The molecule has 0 aliphatic carbocycles. The summed E-state index contributed by atoms with van der Waals surface area (Å²) in [6.45, 7) is 7.99. The summed E-state index contributed by atoms with van der Waals surface area (Å²) in [6.07, 6.45) is 0. The molecular weight excluding hydrogens is 200 g/mol. The first-order valence-corrected chi connectivity index (χ1v) is 5.63. The summed E-state index contributed by atoms with van der Waals surface area (Å²) in [6, 6.07) is 8.29. The second-order valence-corrected chi connectivity index (χ2v) is 3.92. The highest BCUT2D eigenvalue weighted by Gasteiger charge is 2.14. The van der Waals surface area contributed by atoms with Crippen molar-refractivity contribution in [3.8, 4) is 0 Å². The van der Waals surface area contributed by atoms with E-state index in [1.165, 1.54) is 5.69 Å². The lowest BCUT2D eigenvalue weighted by Gasteiger charge is -2.30.